The Morgan fingerprint density at radius 1 is 1.08 bits per heavy atom. The molecule has 0 atom stereocenters. The van der Waals surface area contributed by atoms with Gasteiger partial charge in [0.15, 0.2) is 0 Å². The lowest BCUT2D eigenvalue weighted by Crippen LogP contribution is -2.05. The normalized spacial score (nSPS) is 13.2. The van der Waals surface area contributed by atoms with Gasteiger partial charge in [0.1, 0.15) is 17.3 Å². The quantitative estimate of drug-likeness (QED) is 0.305. The Morgan fingerprint density at radius 2 is 2.00 bits per heavy atom. The lowest BCUT2D eigenvalue weighted by molar-refractivity contribution is 0.299. The molecule has 1 fully saturated rings. The van der Waals surface area contributed by atoms with E-state index in [0.29, 0.717) is 47.1 Å². The van der Waals surface area contributed by atoms with Gasteiger partial charge in [0, 0.05) is 35.0 Å². The van der Waals surface area contributed by atoms with Gasteiger partial charge in [-0.15, -0.1) is 10.2 Å². The highest BCUT2D eigenvalue weighted by molar-refractivity contribution is 6.30. The summed E-state index contributed by atoms with van der Waals surface area (Å²) in [7, 11) is 0. The van der Waals surface area contributed by atoms with Crippen LogP contribution in [0.25, 0.3) is 34.0 Å². The highest BCUT2D eigenvalue weighted by atomic mass is 35.5. The van der Waals surface area contributed by atoms with Crippen LogP contribution in [0, 0.1) is 11.7 Å². The summed E-state index contributed by atoms with van der Waals surface area (Å²) in [5.41, 5.74) is 4.49. The number of aromatic amines is 1. The molecule has 0 spiro atoms. The summed E-state index contributed by atoms with van der Waals surface area (Å²) < 4.78 is 22.4. The van der Waals surface area contributed by atoms with Crippen LogP contribution in [0.2, 0.25) is 5.02 Å². The number of nitrogens with one attached hydrogen (secondary N) is 1. The first-order valence-electron chi connectivity index (χ1n) is 11.6. The van der Waals surface area contributed by atoms with Crippen LogP contribution in [0.4, 0.5) is 4.39 Å². The Balaban J connectivity index is 1.48. The van der Waals surface area contributed by atoms with E-state index in [2.05, 4.69) is 25.6 Å². The average Bonchev–Trinajstić information content (AvgIpc) is 3.37. The number of aromatic nitrogens is 7. The molecule has 1 saturated carbocycles. The molecule has 3 heterocycles. The predicted molar refractivity (Wildman–Crippen MR) is 133 cm³/mol. The maximum Gasteiger partial charge on any atom is 0.204 e. The molecule has 180 valence electrons. The molecule has 0 unspecified atom stereocenters. The van der Waals surface area contributed by atoms with Crippen LogP contribution in [-0.2, 0) is 6.54 Å². The van der Waals surface area contributed by atoms with Gasteiger partial charge in [-0.05, 0) is 65.9 Å². The van der Waals surface area contributed by atoms with Crippen LogP contribution in [0.1, 0.15) is 18.4 Å². The van der Waals surface area contributed by atoms with Crippen molar-refractivity contribution in [3.05, 3.63) is 83.5 Å². The fraction of sp³-hybridized carbons (Fsp3) is 0.192. The Hall–Kier alpha value is -4.11. The molecule has 3 aromatic heterocycles. The van der Waals surface area contributed by atoms with E-state index in [0.717, 1.165) is 35.2 Å². The molecular formula is C26H21ClFN7O. The first-order chi connectivity index (χ1) is 17.6. The summed E-state index contributed by atoms with van der Waals surface area (Å²) in [6.45, 7) is 1.06. The Labute approximate surface area is 211 Å². The van der Waals surface area contributed by atoms with Crippen molar-refractivity contribution in [2.75, 3.05) is 6.61 Å². The van der Waals surface area contributed by atoms with Gasteiger partial charge in [-0.2, -0.15) is 5.21 Å². The van der Waals surface area contributed by atoms with E-state index in [4.69, 9.17) is 21.3 Å². The van der Waals surface area contributed by atoms with Crippen LogP contribution in [0.5, 0.6) is 5.75 Å². The minimum Gasteiger partial charge on any atom is -0.492 e. The van der Waals surface area contributed by atoms with E-state index < -0.39 is 0 Å². The number of halogens is 2. The number of nitrogens with zero attached hydrogens (tertiary/aromatic N) is 6. The lowest BCUT2D eigenvalue weighted by atomic mass is 10.0. The summed E-state index contributed by atoms with van der Waals surface area (Å²) >= 11 is 6.24. The van der Waals surface area contributed by atoms with Crippen molar-refractivity contribution in [3.8, 4) is 39.8 Å². The largest absolute Gasteiger partial charge is 0.492 e. The van der Waals surface area contributed by atoms with Crippen LogP contribution >= 0.6 is 11.6 Å². The van der Waals surface area contributed by atoms with E-state index in [1.54, 1.807) is 24.7 Å². The molecule has 0 aliphatic heterocycles. The van der Waals surface area contributed by atoms with Crippen molar-refractivity contribution in [3.63, 3.8) is 0 Å². The molecule has 1 aliphatic carbocycles. The molecule has 6 rings (SSSR count). The molecule has 8 nitrogen and oxygen atoms in total. The van der Waals surface area contributed by atoms with Gasteiger partial charge in [0.2, 0.25) is 5.82 Å². The maximum atomic E-state index is 14.3. The van der Waals surface area contributed by atoms with E-state index in [1.807, 2.05) is 34.9 Å². The van der Waals surface area contributed by atoms with Gasteiger partial charge >= 0.3 is 0 Å². The van der Waals surface area contributed by atoms with Gasteiger partial charge in [-0.25, -0.2) is 9.37 Å². The minimum atomic E-state index is -0.357. The van der Waals surface area contributed by atoms with Crippen molar-refractivity contribution >= 4 is 11.6 Å². The second kappa shape index (κ2) is 9.50. The van der Waals surface area contributed by atoms with Crippen LogP contribution in [0.3, 0.4) is 0 Å². The van der Waals surface area contributed by atoms with E-state index in [-0.39, 0.29) is 5.82 Å². The van der Waals surface area contributed by atoms with Crippen LogP contribution in [0.15, 0.2) is 67.1 Å². The number of rotatable bonds is 8. The van der Waals surface area contributed by atoms with Gasteiger partial charge in [-0.1, -0.05) is 23.7 Å². The third-order valence-electron chi connectivity index (χ3n) is 6.06. The van der Waals surface area contributed by atoms with Gasteiger partial charge in [-0.3, -0.25) is 4.98 Å². The standard InChI is InChI=1S/C26H21ClFN7O/c27-19-3-1-2-17(10-19)13-35-15-30-24(22-11-18(8-9-29-22)26-31-33-34-32-26)25(35)21-7-6-20(28)12-23(21)36-14-16-4-5-16/h1-3,6-12,15-16H,4-5,13-14H2,(H,31,32,33,34). The van der Waals surface area contributed by atoms with E-state index >= 15 is 0 Å². The first kappa shape index (κ1) is 22.4. The summed E-state index contributed by atoms with van der Waals surface area (Å²) in [5, 5.41) is 14.9. The molecule has 0 saturated heterocycles. The average molecular weight is 502 g/mol. The third kappa shape index (κ3) is 4.70. The van der Waals surface area contributed by atoms with Crippen molar-refractivity contribution in [2.45, 2.75) is 19.4 Å². The first-order valence-corrected chi connectivity index (χ1v) is 11.9. The number of hydrogen-bond acceptors (Lipinski definition) is 6. The summed E-state index contributed by atoms with van der Waals surface area (Å²) in [4.78, 5) is 9.30. The van der Waals surface area contributed by atoms with Gasteiger partial charge in [0.25, 0.3) is 0 Å². The van der Waals surface area contributed by atoms with E-state index in [9.17, 15) is 4.39 Å². The van der Waals surface area contributed by atoms with E-state index in [1.165, 1.54) is 12.1 Å². The summed E-state index contributed by atoms with van der Waals surface area (Å²) in [6.07, 6.45) is 5.70. The number of H-pyrrole nitrogens is 1. The maximum absolute atomic E-state index is 14.3. The number of tetrazole rings is 1. The molecule has 0 bridgehead atoms. The van der Waals surface area contributed by atoms with Crippen molar-refractivity contribution in [2.24, 2.45) is 5.92 Å². The molecule has 5 aromatic rings. The van der Waals surface area contributed by atoms with Crippen molar-refractivity contribution in [1.29, 1.82) is 0 Å². The lowest BCUT2D eigenvalue weighted by Gasteiger charge is -2.16. The fourth-order valence-corrected chi connectivity index (χ4v) is 4.30. The summed E-state index contributed by atoms with van der Waals surface area (Å²) in [5.74, 6) is 1.09. The zero-order valence-electron chi connectivity index (χ0n) is 19.1. The minimum absolute atomic E-state index is 0.357. The van der Waals surface area contributed by atoms with Gasteiger partial charge in [0.05, 0.1) is 24.3 Å². The fourth-order valence-electron chi connectivity index (χ4n) is 4.09. The highest BCUT2D eigenvalue weighted by Gasteiger charge is 2.25. The molecule has 2 aromatic carbocycles. The molecule has 10 heteroatoms. The summed E-state index contributed by atoms with van der Waals surface area (Å²) in [6, 6.07) is 15.9. The molecule has 1 N–H and O–H groups in total. The SMILES string of the molecule is Fc1ccc(-c2c(-c3cc(-c4nn[nH]n4)ccn3)ncn2Cc2cccc(Cl)c2)c(OCC2CC2)c1. The zero-order valence-corrected chi connectivity index (χ0v) is 19.9. The molecule has 0 radical (unpaired) electrons. The number of imidazole rings is 1. The smallest absolute Gasteiger partial charge is 0.204 e. The Kier molecular flexibility index (Phi) is 5.90. The number of hydrogen-bond donors (Lipinski definition) is 1. The van der Waals surface area contributed by atoms with Crippen LogP contribution in [-0.4, -0.2) is 41.8 Å². The topological polar surface area (TPSA) is 94.4 Å². The van der Waals surface area contributed by atoms with Crippen molar-refractivity contribution < 1.29 is 9.13 Å². The molecular weight excluding hydrogens is 481 g/mol. The second-order valence-corrected chi connectivity index (χ2v) is 9.20. The zero-order chi connectivity index (χ0) is 24.5. The molecule has 1 aliphatic rings. The highest BCUT2D eigenvalue weighted by Crippen LogP contribution is 2.39. The third-order valence-corrected chi connectivity index (χ3v) is 6.29. The van der Waals surface area contributed by atoms with Crippen LogP contribution < -0.4 is 4.74 Å². The molecule has 0 amide bonds. The Morgan fingerprint density at radius 3 is 2.81 bits per heavy atom. The number of benzene rings is 2. The predicted octanol–water partition coefficient (Wildman–Crippen LogP) is 5.42. The number of ether oxygens (including phenoxy) is 1. The molecule has 36 heavy (non-hydrogen) atoms. The Bertz CT molecular complexity index is 1510. The van der Waals surface area contributed by atoms with Gasteiger partial charge < -0.3 is 9.30 Å². The number of pyridine rings is 1. The monoisotopic (exact) mass is 501 g/mol. The second-order valence-electron chi connectivity index (χ2n) is 8.76. The van der Waals surface area contributed by atoms with Crippen molar-refractivity contribution in [1.82, 2.24) is 35.2 Å².